The summed E-state index contributed by atoms with van der Waals surface area (Å²) in [7, 11) is 1.32. The first-order chi connectivity index (χ1) is 15.9. The Bertz CT molecular complexity index is 1410. The van der Waals surface area contributed by atoms with E-state index in [1.54, 1.807) is 25.1 Å². The summed E-state index contributed by atoms with van der Waals surface area (Å²) in [5.41, 5.74) is 4.14. The number of carbonyl (C=O) groups is 2. The molecule has 8 nitrogen and oxygen atoms in total. The number of hydrogen-bond donors (Lipinski definition) is 2. The number of carbonyl (C=O) groups excluding carboxylic acids is 2. The molecule has 168 valence electrons. The number of benzene rings is 2. The van der Waals surface area contributed by atoms with E-state index in [2.05, 4.69) is 20.5 Å². The number of ketones is 1. The molecule has 0 bridgehead atoms. The van der Waals surface area contributed by atoms with Crippen molar-refractivity contribution in [3.8, 4) is 11.1 Å². The van der Waals surface area contributed by atoms with Gasteiger partial charge in [-0.1, -0.05) is 48.9 Å². The number of rotatable bonds is 7. The summed E-state index contributed by atoms with van der Waals surface area (Å²) in [6, 6.07) is 15.9. The van der Waals surface area contributed by atoms with E-state index in [0.717, 1.165) is 5.56 Å². The third kappa shape index (κ3) is 4.30. The minimum atomic E-state index is -0.532. The molecule has 0 fully saturated rings. The summed E-state index contributed by atoms with van der Waals surface area (Å²) < 4.78 is 1.43. The van der Waals surface area contributed by atoms with E-state index in [9.17, 15) is 14.4 Å². The zero-order valence-corrected chi connectivity index (χ0v) is 18.8. The van der Waals surface area contributed by atoms with Crippen LogP contribution in [0.2, 0.25) is 5.02 Å². The molecule has 0 aliphatic carbocycles. The molecule has 1 amide bonds. The van der Waals surface area contributed by atoms with Crippen LogP contribution in [0.3, 0.4) is 0 Å². The van der Waals surface area contributed by atoms with Crippen LogP contribution in [0.1, 0.15) is 40.0 Å². The molecule has 0 aliphatic heterocycles. The smallest absolute Gasteiger partial charge is 0.295 e. The Kier molecular flexibility index (Phi) is 6.39. The molecule has 0 saturated heterocycles. The fourth-order valence-corrected chi connectivity index (χ4v) is 3.97. The third-order valence-corrected chi connectivity index (χ3v) is 5.50. The number of nitrogens with zero attached hydrogens (tertiary/aromatic N) is 2. The van der Waals surface area contributed by atoms with Crippen molar-refractivity contribution in [1.82, 2.24) is 20.2 Å². The lowest BCUT2D eigenvalue weighted by atomic mass is 9.94. The van der Waals surface area contributed by atoms with Crippen molar-refractivity contribution < 1.29 is 14.4 Å². The second-order valence-electron chi connectivity index (χ2n) is 7.36. The van der Waals surface area contributed by atoms with Gasteiger partial charge in [0.2, 0.25) is 0 Å². The molecule has 33 heavy (non-hydrogen) atoms. The van der Waals surface area contributed by atoms with Crippen LogP contribution < -0.4 is 11.0 Å². The second-order valence-corrected chi connectivity index (χ2v) is 7.80. The van der Waals surface area contributed by atoms with Gasteiger partial charge in [0, 0.05) is 22.4 Å². The van der Waals surface area contributed by atoms with Crippen molar-refractivity contribution in [3.63, 3.8) is 0 Å². The van der Waals surface area contributed by atoms with Crippen LogP contribution >= 0.6 is 11.6 Å². The molecule has 0 spiro atoms. The topological polar surface area (TPSA) is 106 Å². The summed E-state index contributed by atoms with van der Waals surface area (Å²) in [4.78, 5) is 43.4. The number of amides is 1. The van der Waals surface area contributed by atoms with Crippen LogP contribution in [-0.2, 0) is 11.4 Å². The van der Waals surface area contributed by atoms with Crippen LogP contribution in [0.15, 0.2) is 59.4 Å². The van der Waals surface area contributed by atoms with Crippen molar-refractivity contribution in [2.45, 2.75) is 19.9 Å². The highest BCUT2D eigenvalue weighted by Gasteiger charge is 2.23. The maximum Gasteiger partial charge on any atom is 0.295 e. The summed E-state index contributed by atoms with van der Waals surface area (Å²) in [6.45, 7) is 1.77. The van der Waals surface area contributed by atoms with Gasteiger partial charge in [0.25, 0.3) is 11.5 Å². The van der Waals surface area contributed by atoms with Gasteiger partial charge in [-0.15, -0.1) is 0 Å². The van der Waals surface area contributed by atoms with Crippen molar-refractivity contribution in [1.29, 1.82) is 0 Å². The Morgan fingerprint density at radius 3 is 2.58 bits per heavy atom. The molecular formula is C24H21ClN4O4. The highest BCUT2D eigenvalue weighted by atomic mass is 35.5. The van der Waals surface area contributed by atoms with Gasteiger partial charge < -0.3 is 0 Å². The van der Waals surface area contributed by atoms with Gasteiger partial charge >= 0.3 is 0 Å². The van der Waals surface area contributed by atoms with Gasteiger partial charge in [-0.3, -0.25) is 28.9 Å². The number of halogens is 1. The molecule has 2 N–H and O–H groups in total. The number of nitrogens with one attached hydrogen (secondary N) is 2. The Hall–Kier alpha value is -3.75. The van der Waals surface area contributed by atoms with E-state index in [4.69, 9.17) is 11.6 Å². The SMILES string of the molecule is CCC(=O)c1c(-c2ccccc2)c2cc(Cl)ccc2c(=O)n1Cc1cc(C(=O)NOC)n[nH]1. The molecule has 0 saturated carbocycles. The van der Waals surface area contributed by atoms with Gasteiger partial charge in [0.1, 0.15) is 0 Å². The van der Waals surface area contributed by atoms with Gasteiger partial charge in [-0.05, 0) is 35.2 Å². The molecule has 2 heterocycles. The minimum Gasteiger partial charge on any atom is -0.298 e. The van der Waals surface area contributed by atoms with Gasteiger partial charge in [0.15, 0.2) is 11.5 Å². The minimum absolute atomic E-state index is 0.0194. The van der Waals surface area contributed by atoms with E-state index >= 15 is 0 Å². The molecule has 0 radical (unpaired) electrons. The van der Waals surface area contributed by atoms with Crippen molar-refractivity contribution >= 4 is 34.1 Å². The number of aromatic nitrogens is 3. The molecule has 4 rings (SSSR count). The Morgan fingerprint density at radius 1 is 1.12 bits per heavy atom. The fraction of sp³-hybridized carbons (Fsp3) is 0.167. The van der Waals surface area contributed by atoms with E-state index in [1.807, 2.05) is 30.3 Å². The molecule has 0 unspecified atom stereocenters. The Morgan fingerprint density at radius 2 is 1.88 bits per heavy atom. The largest absolute Gasteiger partial charge is 0.298 e. The number of fused-ring (bicyclic) bond motifs is 1. The highest BCUT2D eigenvalue weighted by Crippen LogP contribution is 2.33. The third-order valence-electron chi connectivity index (χ3n) is 5.27. The van der Waals surface area contributed by atoms with Crippen LogP contribution in [-0.4, -0.2) is 33.6 Å². The molecule has 0 atom stereocenters. The van der Waals surface area contributed by atoms with E-state index in [0.29, 0.717) is 27.1 Å². The lowest BCUT2D eigenvalue weighted by Crippen LogP contribution is -2.28. The summed E-state index contributed by atoms with van der Waals surface area (Å²) in [5.74, 6) is -0.722. The van der Waals surface area contributed by atoms with Crippen molar-refractivity contribution in [3.05, 3.63) is 87.1 Å². The average Bonchev–Trinajstić information content (AvgIpc) is 3.29. The lowest BCUT2D eigenvalue weighted by molar-refractivity contribution is 0.0532. The fourth-order valence-electron chi connectivity index (χ4n) is 3.80. The van der Waals surface area contributed by atoms with Crippen LogP contribution in [0, 0.1) is 0 Å². The predicted octanol–water partition coefficient (Wildman–Crippen LogP) is 3.98. The number of aromatic amines is 1. The monoisotopic (exact) mass is 464 g/mol. The molecule has 2 aromatic carbocycles. The van der Waals surface area contributed by atoms with Gasteiger partial charge in [0.05, 0.1) is 25.0 Å². The molecule has 0 aliphatic rings. The molecule has 4 aromatic rings. The van der Waals surface area contributed by atoms with Crippen LogP contribution in [0.25, 0.3) is 21.9 Å². The highest BCUT2D eigenvalue weighted by molar-refractivity contribution is 6.31. The quantitative estimate of drug-likeness (QED) is 0.318. The van der Waals surface area contributed by atoms with Crippen molar-refractivity contribution in [2.75, 3.05) is 7.11 Å². The van der Waals surface area contributed by atoms with Crippen molar-refractivity contribution in [2.24, 2.45) is 0 Å². The van der Waals surface area contributed by atoms with Gasteiger partial charge in [-0.2, -0.15) is 5.10 Å². The maximum atomic E-state index is 13.5. The number of hydrogen-bond acceptors (Lipinski definition) is 5. The average molecular weight is 465 g/mol. The molecule has 2 aromatic heterocycles. The summed E-state index contributed by atoms with van der Waals surface area (Å²) in [6.07, 6.45) is 0.204. The number of hydroxylamine groups is 1. The molecule has 9 heteroatoms. The summed E-state index contributed by atoms with van der Waals surface area (Å²) >= 11 is 6.27. The first-order valence-electron chi connectivity index (χ1n) is 10.3. The standard InChI is InChI=1S/C24H21ClN4O4/c1-3-20(30)22-21(14-7-5-4-6-8-14)18-11-15(25)9-10-17(18)24(32)29(22)13-16-12-19(27-26-16)23(31)28-33-2/h4-12H,3,13H2,1-2H3,(H,26,27)(H,28,31). The van der Waals surface area contributed by atoms with E-state index in [1.165, 1.54) is 17.7 Å². The van der Waals surface area contributed by atoms with Crippen LogP contribution in [0.5, 0.6) is 0 Å². The second kappa shape index (κ2) is 9.40. The Balaban J connectivity index is 1.99. The lowest BCUT2D eigenvalue weighted by Gasteiger charge is -2.19. The number of Topliss-reactive ketones (excluding diaryl/α,β-unsaturated/α-hetero) is 1. The first kappa shape index (κ1) is 22.4. The van der Waals surface area contributed by atoms with E-state index < -0.39 is 5.91 Å². The zero-order chi connectivity index (χ0) is 23.5. The van der Waals surface area contributed by atoms with E-state index in [-0.39, 0.29) is 35.7 Å². The molecular weight excluding hydrogens is 444 g/mol. The Labute approximate surface area is 194 Å². The summed E-state index contributed by atoms with van der Waals surface area (Å²) in [5, 5.41) is 8.25. The maximum absolute atomic E-state index is 13.5. The number of pyridine rings is 1. The number of H-pyrrole nitrogens is 1. The first-order valence-corrected chi connectivity index (χ1v) is 10.6. The zero-order valence-electron chi connectivity index (χ0n) is 18.0. The normalized spacial score (nSPS) is 11.0. The van der Waals surface area contributed by atoms with Crippen LogP contribution in [0.4, 0.5) is 0 Å². The van der Waals surface area contributed by atoms with Gasteiger partial charge in [-0.25, -0.2) is 5.48 Å². The predicted molar refractivity (Wildman–Crippen MR) is 125 cm³/mol.